The van der Waals surface area contributed by atoms with Gasteiger partial charge in [0.1, 0.15) is 5.75 Å². The molecule has 0 saturated heterocycles. The van der Waals surface area contributed by atoms with Gasteiger partial charge in [0.05, 0.1) is 0 Å². The van der Waals surface area contributed by atoms with E-state index in [1.54, 1.807) is 13.0 Å². The maximum atomic E-state index is 11.8. The summed E-state index contributed by atoms with van der Waals surface area (Å²) >= 11 is 0. The minimum absolute atomic E-state index is 0.369. The second-order valence-electron chi connectivity index (χ2n) is 5.67. The first-order valence-corrected chi connectivity index (χ1v) is 8.03. The number of ether oxygens (including phenoxy) is 1. The van der Waals surface area contributed by atoms with Crippen LogP contribution in [0.2, 0.25) is 0 Å². The molecule has 3 aromatic carbocycles. The molecule has 0 saturated carbocycles. The molecule has 0 aliphatic carbocycles. The highest BCUT2D eigenvalue weighted by Crippen LogP contribution is 2.35. The average Bonchev–Trinajstić information content (AvgIpc) is 2.64. The lowest BCUT2D eigenvalue weighted by Gasteiger charge is -2.25. The molecule has 0 amide bonds. The molecule has 124 valence electrons. The number of esters is 1. The molecular weight excluding hydrogens is 310 g/mol. The molecular formula is C22H19NO2. The number of para-hydroxylation sites is 2. The standard InChI is InChI=1S/C22H19NO2/c1-17(2)22(24)25-21-15-9-14-20(16-21)23(18-10-5-3-6-11-18)19-12-7-4-8-13-19/h3-16H,1H2,2H3. The molecule has 0 radical (unpaired) electrons. The zero-order valence-electron chi connectivity index (χ0n) is 14.1. The minimum Gasteiger partial charge on any atom is -0.423 e. The summed E-state index contributed by atoms with van der Waals surface area (Å²) in [5, 5.41) is 0. The Kier molecular flexibility index (Phi) is 4.95. The lowest BCUT2D eigenvalue weighted by Crippen LogP contribution is -2.11. The van der Waals surface area contributed by atoms with Crippen LogP contribution in [0.3, 0.4) is 0 Å². The number of nitrogens with zero attached hydrogens (tertiary/aromatic N) is 1. The second-order valence-corrected chi connectivity index (χ2v) is 5.67. The number of rotatable bonds is 5. The van der Waals surface area contributed by atoms with Crippen molar-refractivity contribution in [2.75, 3.05) is 4.90 Å². The zero-order chi connectivity index (χ0) is 17.6. The van der Waals surface area contributed by atoms with Crippen LogP contribution in [0.1, 0.15) is 6.92 Å². The smallest absolute Gasteiger partial charge is 0.338 e. The van der Waals surface area contributed by atoms with Gasteiger partial charge >= 0.3 is 5.97 Å². The average molecular weight is 329 g/mol. The van der Waals surface area contributed by atoms with Crippen LogP contribution in [-0.2, 0) is 4.79 Å². The van der Waals surface area contributed by atoms with Gasteiger partial charge in [0.25, 0.3) is 0 Å². The summed E-state index contributed by atoms with van der Waals surface area (Å²) in [6, 6.07) is 27.6. The van der Waals surface area contributed by atoms with Crippen molar-refractivity contribution in [3.63, 3.8) is 0 Å². The normalized spacial score (nSPS) is 10.1. The van der Waals surface area contributed by atoms with Crippen molar-refractivity contribution < 1.29 is 9.53 Å². The van der Waals surface area contributed by atoms with Gasteiger partial charge in [0.2, 0.25) is 0 Å². The highest BCUT2D eigenvalue weighted by molar-refractivity contribution is 5.89. The van der Waals surface area contributed by atoms with Gasteiger partial charge in [-0.2, -0.15) is 0 Å². The predicted octanol–water partition coefficient (Wildman–Crippen LogP) is 5.64. The molecule has 3 rings (SSSR count). The van der Waals surface area contributed by atoms with Crippen LogP contribution in [0.15, 0.2) is 97.1 Å². The fourth-order valence-corrected chi connectivity index (χ4v) is 2.48. The van der Waals surface area contributed by atoms with Crippen molar-refractivity contribution in [3.05, 3.63) is 97.1 Å². The topological polar surface area (TPSA) is 29.5 Å². The summed E-state index contributed by atoms with van der Waals surface area (Å²) in [6.45, 7) is 5.25. The second kappa shape index (κ2) is 7.49. The van der Waals surface area contributed by atoms with E-state index in [0.29, 0.717) is 11.3 Å². The first-order chi connectivity index (χ1) is 12.1. The molecule has 0 aliphatic rings. The summed E-state index contributed by atoms with van der Waals surface area (Å²) in [6.07, 6.45) is 0. The number of carbonyl (C=O) groups excluding carboxylic acids is 1. The molecule has 25 heavy (non-hydrogen) atoms. The Morgan fingerprint density at radius 1 is 0.800 bits per heavy atom. The Balaban J connectivity index is 2.02. The molecule has 3 nitrogen and oxygen atoms in total. The number of carbonyl (C=O) groups is 1. The Hall–Kier alpha value is -3.33. The quantitative estimate of drug-likeness (QED) is 0.345. The molecule has 3 heteroatoms. The lowest BCUT2D eigenvalue weighted by molar-refractivity contribution is -0.130. The van der Waals surface area contributed by atoms with Crippen molar-refractivity contribution in [1.29, 1.82) is 0 Å². The number of hydrogen-bond donors (Lipinski definition) is 0. The van der Waals surface area contributed by atoms with Gasteiger partial charge in [-0.05, 0) is 43.3 Å². The third-order valence-electron chi connectivity index (χ3n) is 3.66. The monoisotopic (exact) mass is 329 g/mol. The minimum atomic E-state index is -0.428. The van der Waals surface area contributed by atoms with E-state index in [1.165, 1.54) is 0 Å². The predicted molar refractivity (Wildman–Crippen MR) is 102 cm³/mol. The molecule has 0 atom stereocenters. The van der Waals surface area contributed by atoms with Gasteiger partial charge in [-0.3, -0.25) is 0 Å². The van der Waals surface area contributed by atoms with Gasteiger partial charge in [0.15, 0.2) is 0 Å². The largest absolute Gasteiger partial charge is 0.423 e. The number of hydrogen-bond acceptors (Lipinski definition) is 3. The van der Waals surface area contributed by atoms with Crippen LogP contribution in [0, 0.1) is 0 Å². The third kappa shape index (κ3) is 3.96. The molecule has 0 unspecified atom stereocenters. The van der Waals surface area contributed by atoms with E-state index in [-0.39, 0.29) is 0 Å². The molecule has 0 spiro atoms. The zero-order valence-corrected chi connectivity index (χ0v) is 14.1. The van der Waals surface area contributed by atoms with Crippen LogP contribution in [0.5, 0.6) is 5.75 Å². The van der Waals surface area contributed by atoms with E-state index in [0.717, 1.165) is 17.1 Å². The van der Waals surface area contributed by atoms with Crippen molar-refractivity contribution in [2.24, 2.45) is 0 Å². The van der Waals surface area contributed by atoms with E-state index < -0.39 is 5.97 Å². The maximum Gasteiger partial charge on any atom is 0.338 e. The molecule has 0 aliphatic heterocycles. The summed E-state index contributed by atoms with van der Waals surface area (Å²) < 4.78 is 5.37. The van der Waals surface area contributed by atoms with E-state index in [9.17, 15) is 4.79 Å². The maximum absolute atomic E-state index is 11.8. The van der Waals surface area contributed by atoms with E-state index in [4.69, 9.17) is 4.74 Å². The first kappa shape index (κ1) is 16.5. The van der Waals surface area contributed by atoms with Gasteiger partial charge in [-0.1, -0.05) is 49.0 Å². The summed E-state index contributed by atoms with van der Waals surface area (Å²) in [5.41, 5.74) is 3.33. The Morgan fingerprint density at radius 3 is 1.84 bits per heavy atom. The van der Waals surface area contributed by atoms with Crippen LogP contribution in [-0.4, -0.2) is 5.97 Å². The van der Waals surface area contributed by atoms with E-state index in [2.05, 4.69) is 11.5 Å². The summed E-state index contributed by atoms with van der Waals surface area (Å²) in [7, 11) is 0. The first-order valence-electron chi connectivity index (χ1n) is 8.03. The fourth-order valence-electron chi connectivity index (χ4n) is 2.48. The van der Waals surface area contributed by atoms with Crippen molar-refractivity contribution in [1.82, 2.24) is 0 Å². The van der Waals surface area contributed by atoms with Crippen LogP contribution < -0.4 is 9.64 Å². The highest BCUT2D eigenvalue weighted by atomic mass is 16.5. The van der Waals surface area contributed by atoms with Gasteiger partial charge < -0.3 is 9.64 Å². The molecule has 3 aromatic rings. The molecule has 0 heterocycles. The van der Waals surface area contributed by atoms with Crippen molar-refractivity contribution >= 4 is 23.0 Å². The van der Waals surface area contributed by atoms with Gasteiger partial charge in [-0.25, -0.2) is 4.79 Å². The van der Waals surface area contributed by atoms with E-state index >= 15 is 0 Å². The Bertz CT molecular complexity index is 833. The number of anilines is 3. The van der Waals surface area contributed by atoms with Gasteiger partial charge in [0, 0.05) is 28.7 Å². The van der Waals surface area contributed by atoms with Crippen molar-refractivity contribution in [2.45, 2.75) is 6.92 Å². The van der Waals surface area contributed by atoms with Crippen LogP contribution in [0.25, 0.3) is 0 Å². The Labute approximate surface area is 147 Å². The van der Waals surface area contributed by atoms with Crippen LogP contribution in [0.4, 0.5) is 17.1 Å². The van der Waals surface area contributed by atoms with Crippen LogP contribution >= 0.6 is 0 Å². The number of benzene rings is 3. The molecule has 0 N–H and O–H groups in total. The van der Waals surface area contributed by atoms with Gasteiger partial charge in [-0.15, -0.1) is 0 Å². The van der Waals surface area contributed by atoms with E-state index in [1.807, 2.05) is 78.9 Å². The van der Waals surface area contributed by atoms with Crippen molar-refractivity contribution in [3.8, 4) is 5.75 Å². The molecule has 0 aromatic heterocycles. The third-order valence-corrected chi connectivity index (χ3v) is 3.66. The summed E-state index contributed by atoms with van der Waals surface area (Å²) in [4.78, 5) is 13.9. The molecule has 0 fully saturated rings. The SMILES string of the molecule is C=C(C)C(=O)Oc1cccc(N(c2ccccc2)c2ccccc2)c1. The summed E-state index contributed by atoms with van der Waals surface area (Å²) in [5.74, 6) is 0.0606. The fraction of sp³-hybridized carbons (Fsp3) is 0.0455. The lowest BCUT2D eigenvalue weighted by atomic mass is 10.2. The Morgan fingerprint density at radius 2 is 1.32 bits per heavy atom. The molecule has 0 bridgehead atoms. The highest BCUT2D eigenvalue weighted by Gasteiger charge is 2.13.